The summed E-state index contributed by atoms with van der Waals surface area (Å²) < 4.78 is 5.69. The van der Waals surface area contributed by atoms with Crippen molar-refractivity contribution in [2.75, 3.05) is 26.4 Å². The van der Waals surface area contributed by atoms with Crippen LogP contribution in [0.5, 0.6) is 0 Å². The fourth-order valence-corrected chi connectivity index (χ4v) is 3.61. The summed E-state index contributed by atoms with van der Waals surface area (Å²) in [5.41, 5.74) is 6.71. The van der Waals surface area contributed by atoms with Crippen molar-refractivity contribution in [3.63, 3.8) is 0 Å². The molecule has 0 saturated carbocycles. The first-order valence-corrected chi connectivity index (χ1v) is 12.2. The van der Waals surface area contributed by atoms with Gasteiger partial charge in [0.2, 0.25) is 0 Å². The van der Waals surface area contributed by atoms with Gasteiger partial charge in [0.05, 0.1) is 30.7 Å². The van der Waals surface area contributed by atoms with Gasteiger partial charge in [0, 0.05) is 25.8 Å². The molecule has 2 atom stereocenters. The number of hydrogen-bond donors (Lipinski definition) is 4. The maximum atomic E-state index is 12.4. The number of ketones is 1. The molecule has 1 unspecified atom stereocenters. The largest absolute Gasteiger partial charge is 0.394 e. The van der Waals surface area contributed by atoms with E-state index < -0.39 is 12.1 Å². The highest BCUT2D eigenvalue weighted by Gasteiger charge is 2.23. The summed E-state index contributed by atoms with van der Waals surface area (Å²) in [6, 6.07) is -1.32. The van der Waals surface area contributed by atoms with Crippen LogP contribution >= 0.6 is 0 Å². The molecule has 0 radical (unpaired) electrons. The van der Waals surface area contributed by atoms with E-state index in [1.807, 2.05) is 0 Å². The Balaban J connectivity index is 1.92. The quantitative estimate of drug-likeness (QED) is 0.219. The summed E-state index contributed by atoms with van der Waals surface area (Å²) in [5, 5.41) is 12.6. The van der Waals surface area contributed by atoms with E-state index in [0.29, 0.717) is 19.6 Å². The molecule has 0 aliphatic carbocycles. The highest BCUT2D eigenvalue weighted by atomic mass is 16.5. The van der Waals surface area contributed by atoms with Crippen molar-refractivity contribution in [3.8, 4) is 0 Å². The zero-order valence-corrected chi connectivity index (χ0v) is 19.8. The predicted molar refractivity (Wildman–Crippen MR) is 126 cm³/mol. The number of ether oxygens (including phenoxy) is 1. The number of aliphatic hydroxyl groups is 1. The van der Waals surface area contributed by atoms with Crippen molar-refractivity contribution >= 4 is 5.78 Å². The van der Waals surface area contributed by atoms with Gasteiger partial charge in [-0.2, -0.15) is 0 Å². The molecule has 1 rings (SSSR count). The zero-order chi connectivity index (χ0) is 22.7. The number of aromatic nitrogens is 2. The molecule has 0 aromatic carbocycles. The second-order valence-corrected chi connectivity index (χ2v) is 8.94. The second kappa shape index (κ2) is 18.3. The van der Waals surface area contributed by atoms with Crippen LogP contribution in [-0.2, 0) is 16.0 Å². The van der Waals surface area contributed by atoms with Gasteiger partial charge < -0.3 is 25.9 Å². The number of aliphatic hydroxyl groups excluding tert-OH is 1. The first-order chi connectivity index (χ1) is 15.0. The molecule has 1 heterocycles. The maximum Gasteiger partial charge on any atom is 0.169 e. The topological polar surface area (TPSA) is 113 Å². The van der Waals surface area contributed by atoms with Gasteiger partial charge in [0.1, 0.15) is 0 Å². The standard InChI is InChI=1S/C24H46N4O3/c1-20(2)12-9-7-5-3-4-6-8-10-14-31-15-11-13-27-23(18-29)24(30)22(25)16-21-17-26-19-28-21/h17,19-20,22-23,27,29H,3-16,18,25H2,1-2H3,(H,26,28)/t22-,23?/m0/s1. The summed E-state index contributed by atoms with van der Waals surface area (Å²) in [7, 11) is 0. The van der Waals surface area contributed by atoms with Crippen LogP contribution in [0.1, 0.15) is 83.7 Å². The van der Waals surface area contributed by atoms with Gasteiger partial charge in [-0.25, -0.2) is 4.98 Å². The van der Waals surface area contributed by atoms with Gasteiger partial charge >= 0.3 is 0 Å². The first kappa shape index (κ1) is 27.8. The molecule has 180 valence electrons. The number of nitrogens with one attached hydrogen (secondary N) is 2. The van der Waals surface area contributed by atoms with Crippen LogP contribution in [0, 0.1) is 5.92 Å². The molecule has 0 bridgehead atoms. The number of rotatable bonds is 21. The third-order valence-corrected chi connectivity index (χ3v) is 5.55. The number of imidazole rings is 1. The van der Waals surface area contributed by atoms with Gasteiger partial charge in [-0.3, -0.25) is 4.79 Å². The molecule has 31 heavy (non-hydrogen) atoms. The van der Waals surface area contributed by atoms with E-state index >= 15 is 0 Å². The number of aromatic amines is 1. The van der Waals surface area contributed by atoms with Gasteiger partial charge in [-0.05, 0) is 25.3 Å². The third-order valence-electron chi connectivity index (χ3n) is 5.55. The fourth-order valence-electron chi connectivity index (χ4n) is 3.61. The van der Waals surface area contributed by atoms with Crippen molar-refractivity contribution in [3.05, 3.63) is 18.2 Å². The molecule has 5 N–H and O–H groups in total. The van der Waals surface area contributed by atoms with Crippen molar-refractivity contribution in [1.29, 1.82) is 0 Å². The number of carbonyl (C=O) groups is 1. The van der Waals surface area contributed by atoms with E-state index in [4.69, 9.17) is 10.5 Å². The monoisotopic (exact) mass is 438 g/mol. The van der Waals surface area contributed by atoms with E-state index in [-0.39, 0.29) is 12.4 Å². The van der Waals surface area contributed by atoms with Crippen LogP contribution < -0.4 is 11.1 Å². The normalized spacial score (nSPS) is 13.6. The number of Topliss-reactive ketones (excluding diaryl/α,β-unsaturated/α-hetero) is 1. The van der Waals surface area contributed by atoms with Crippen molar-refractivity contribution in [2.24, 2.45) is 11.7 Å². The Labute approximate surface area is 188 Å². The van der Waals surface area contributed by atoms with Gasteiger partial charge in [-0.1, -0.05) is 65.2 Å². The van der Waals surface area contributed by atoms with Crippen molar-refractivity contribution in [2.45, 2.75) is 96.6 Å². The lowest BCUT2D eigenvalue weighted by Gasteiger charge is -2.19. The van der Waals surface area contributed by atoms with Gasteiger partial charge in [0.25, 0.3) is 0 Å². The smallest absolute Gasteiger partial charge is 0.169 e. The average Bonchev–Trinajstić information content (AvgIpc) is 3.26. The minimum atomic E-state index is -0.677. The Morgan fingerprint density at radius 3 is 2.35 bits per heavy atom. The summed E-state index contributed by atoms with van der Waals surface area (Å²) in [5.74, 6) is 0.650. The minimum absolute atomic E-state index is 0.189. The number of nitrogens with zero attached hydrogens (tertiary/aromatic N) is 1. The third kappa shape index (κ3) is 14.4. The number of carbonyl (C=O) groups excluding carboxylic acids is 1. The lowest BCUT2D eigenvalue weighted by molar-refractivity contribution is -0.123. The molecule has 1 aromatic rings. The van der Waals surface area contributed by atoms with Gasteiger partial charge in [-0.15, -0.1) is 0 Å². The molecular weight excluding hydrogens is 392 g/mol. The number of H-pyrrole nitrogens is 1. The van der Waals surface area contributed by atoms with Crippen LogP contribution in [0.3, 0.4) is 0 Å². The summed E-state index contributed by atoms with van der Waals surface area (Å²) in [6.45, 7) is 6.41. The highest BCUT2D eigenvalue weighted by Crippen LogP contribution is 2.12. The molecule has 7 nitrogen and oxygen atoms in total. The highest BCUT2D eigenvalue weighted by molar-refractivity contribution is 5.89. The van der Waals surface area contributed by atoms with Crippen molar-refractivity contribution < 1.29 is 14.6 Å². The molecule has 7 heteroatoms. The maximum absolute atomic E-state index is 12.4. The minimum Gasteiger partial charge on any atom is -0.394 e. The second-order valence-electron chi connectivity index (χ2n) is 8.94. The van der Waals surface area contributed by atoms with Crippen molar-refractivity contribution in [1.82, 2.24) is 15.3 Å². The Morgan fingerprint density at radius 1 is 1.10 bits per heavy atom. The van der Waals surface area contributed by atoms with E-state index in [9.17, 15) is 9.90 Å². The van der Waals surface area contributed by atoms with E-state index in [1.165, 1.54) is 51.4 Å². The summed E-state index contributed by atoms with van der Waals surface area (Å²) in [6.07, 6.45) is 16.3. The molecule has 1 aromatic heterocycles. The number of hydrogen-bond acceptors (Lipinski definition) is 6. The first-order valence-electron chi connectivity index (χ1n) is 12.2. The molecule has 0 spiro atoms. The lowest BCUT2D eigenvalue weighted by Crippen LogP contribution is -2.49. The van der Waals surface area contributed by atoms with Gasteiger partial charge in [0.15, 0.2) is 5.78 Å². The average molecular weight is 439 g/mol. The molecule has 0 saturated heterocycles. The Kier molecular flexibility index (Phi) is 16.4. The lowest BCUT2D eigenvalue weighted by atomic mass is 10.0. The molecular formula is C24H46N4O3. The predicted octanol–water partition coefficient (Wildman–Crippen LogP) is 3.37. The molecule has 0 aliphatic rings. The van der Waals surface area contributed by atoms with Crippen LogP contribution in [0.25, 0.3) is 0 Å². The van der Waals surface area contributed by atoms with Crippen LogP contribution in [0.4, 0.5) is 0 Å². The summed E-state index contributed by atoms with van der Waals surface area (Å²) >= 11 is 0. The Hall–Kier alpha value is -1.28. The number of nitrogens with two attached hydrogens (primary N) is 1. The van der Waals surface area contributed by atoms with Crippen LogP contribution in [0.2, 0.25) is 0 Å². The van der Waals surface area contributed by atoms with Crippen LogP contribution in [-0.4, -0.2) is 59.3 Å². The Bertz CT molecular complexity index is 537. The fraction of sp³-hybridized carbons (Fsp3) is 0.833. The molecule has 0 amide bonds. The zero-order valence-electron chi connectivity index (χ0n) is 19.8. The molecule has 0 fully saturated rings. The van der Waals surface area contributed by atoms with E-state index in [1.54, 1.807) is 12.5 Å². The number of unbranched alkanes of at least 4 members (excludes halogenated alkanes) is 7. The van der Waals surface area contributed by atoms with E-state index in [0.717, 1.165) is 31.1 Å². The summed E-state index contributed by atoms with van der Waals surface area (Å²) in [4.78, 5) is 19.3. The molecule has 0 aliphatic heterocycles. The SMILES string of the molecule is CC(C)CCCCCCCCCCOCCCNC(CO)C(=O)[C@@H](N)Cc1c[nH]cn1. The van der Waals surface area contributed by atoms with E-state index in [2.05, 4.69) is 29.1 Å². The van der Waals surface area contributed by atoms with Crippen LogP contribution in [0.15, 0.2) is 12.5 Å². The Morgan fingerprint density at radius 2 is 1.74 bits per heavy atom.